The Labute approximate surface area is 89.6 Å². The molecule has 0 aliphatic heterocycles. The third kappa shape index (κ3) is 4.10. The number of nitrogens with two attached hydrogens (primary N) is 2. The van der Waals surface area contributed by atoms with Gasteiger partial charge in [0.25, 0.3) is 0 Å². The number of hydrogen-bond acceptors (Lipinski definition) is 3. The van der Waals surface area contributed by atoms with E-state index in [0.29, 0.717) is 6.54 Å². The maximum absolute atomic E-state index is 11.1. The van der Waals surface area contributed by atoms with Crippen molar-refractivity contribution in [3.8, 4) is 0 Å². The highest BCUT2D eigenvalue weighted by Crippen LogP contribution is 2.02. The van der Waals surface area contributed by atoms with E-state index in [-0.39, 0.29) is 18.5 Å². The van der Waals surface area contributed by atoms with E-state index in [9.17, 15) is 4.79 Å². The Hall–Kier alpha value is -1.39. The molecule has 0 unspecified atom stereocenters. The van der Waals surface area contributed by atoms with E-state index in [4.69, 9.17) is 11.5 Å². The number of amides is 1. The molecule has 0 radical (unpaired) electrons. The second-order valence-electron chi connectivity index (χ2n) is 3.39. The van der Waals surface area contributed by atoms with E-state index in [1.165, 1.54) is 0 Å². The van der Waals surface area contributed by atoms with Gasteiger partial charge in [-0.3, -0.25) is 4.79 Å². The zero-order valence-electron chi connectivity index (χ0n) is 8.65. The highest BCUT2D eigenvalue weighted by atomic mass is 16.1. The van der Waals surface area contributed by atoms with Gasteiger partial charge in [-0.05, 0) is 12.0 Å². The molecule has 0 fully saturated rings. The lowest BCUT2D eigenvalue weighted by Gasteiger charge is -2.16. The van der Waals surface area contributed by atoms with Crippen molar-refractivity contribution < 1.29 is 4.79 Å². The highest BCUT2D eigenvalue weighted by molar-refractivity contribution is 5.78. The van der Waals surface area contributed by atoms with Crippen LogP contribution in [0.4, 0.5) is 0 Å². The van der Waals surface area contributed by atoms with Crippen LogP contribution in [0.15, 0.2) is 30.3 Å². The summed E-state index contributed by atoms with van der Waals surface area (Å²) in [5.74, 6) is -0.165. The lowest BCUT2D eigenvalue weighted by molar-refractivity contribution is -0.120. The van der Waals surface area contributed by atoms with Crippen molar-refractivity contribution in [2.75, 3.05) is 13.1 Å². The van der Waals surface area contributed by atoms with Gasteiger partial charge in [0.1, 0.15) is 0 Å². The first-order valence-electron chi connectivity index (χ1n) is 4.99. The highest BCUT2D eigenvalue weighted by Gasteiger charge is 2.09. The Kier molecular flexibility index (Phi) is 4.80. The summed E-state index contributed by atoms with van der Waals surface area (Å²) in [6.45, 7) is 0.423. The molecule has 4 nitrogen and oxygen atoms in total. The van der Waals surface area contributed by atoms with Crippen molar-refractivity contribution in [1.29, 1.82) is 0 Å². The predicted octanol–water partition coefficient (Wildman–Crippen LogP) is -0.369. The molecule has 82 valence electrons. The van der Waals surface area contributed by atoms with Crippen LogP contribution in [0.5, 0.6) is 0 Å². The molecule has 0 heterocycles. The molecule has 0 aliphatic carbocycles. The molecule has 1 aromatic rings. The quantitative estimate of drug-likeness (QED) is 0.616. The number of hydrogen-bond donors (Lipinski definition) is 3. The van der Waals surface area contributed by atoms with Crippen molar-refractivity contribution in [3.63, 3.8) is 0 Å². The van der Waals surface area contributed by atoms with Gasteiger partial charge < -0.3 is 16.8 Å². The largest absolute Gasteiger partial charge is 0.351 e. The van der Waals surface area contributed by atoms with Crippen LogP contribution >= 0.6 is 0 Å². The molecule has 0 saturated heterocycles. The number of benzene rings is 1. The first-order valence-corrected chi connectivity index (χ1v) is 4.99. The molecule has 1 atom stereocenters. The summed E-state index contributed by atoms with van der Waals surface area (Å²) in [6, 6.07) is 9.87. The van der Waals surface area contributed by atoms with Gasteiger partial charge in [-0.25, -0.2) is 0 Å². The molecular formula is C11H17N3O. The van der Waals surface area contributed by atoms with E-state index in [1.54, 1.807) is 0 Å². The average Bonchev–Trinajstić information content (AvgIpc) is 2.29. The first kappa shape index (κ1) is 11.7. The summed E-state index contributed by atoms with van der Waals surface area (Å²) in [7, 11) is 0. The van der Waals surface area contributed by atoms with Gasteiger partial charge in [-0.1, -0.05) is 30.3 Å². The maximum atomic E-state index is 11.1. The Morgan fingerprint density at radius 3 is 2.47 bits per heavy atom. The van der Waals surface area contributed by atoms with Gasteiger partial charge in [0.05, 0.1) is 6.54 Å². The van der Waals surface area contributed by atoms with Crippen molar-refractivity contribution in [3.05, 3.63) is 35.9 Å². The van der Waals surface area contributed by atoms with Crippen molar-refractivity contribution in [2.45, 2.75) is 12.5 Å². The molecule has 0 aliphatic rings. The number of nitrogens with one attached hydrogen (secondary N) is 1. The van der Waals surface area contributed by atoms with E-state index in [0.717, 1.165) is 12.0 Å². The van der Waals surface area contributed by atoms with Crippen LogP contribution in [-0.2, 0) is 11.2 Å². The van der Waals surface area contributed by atoms with Crippen LogP contribution in [0.25, 0.3) is 0 Å². The maximum Gasteiger partial charge on any atom is 0.234 e. The zero-order chi connectivity index (χ0) is 11.1. The van der Waals surface area contributed by atoms with Gasteiger partial charge in [0.15, 0.2) is 0 Å². The molecule has 0 aromatic heterocycles. The molecular weight excluding hydrogens is 190 g/mol. The van der Waals surface area contributed by atoms with Crippen LogP contribution in [0.3, 0.4) is 0 Å². The van der Waals surface area contributed by atoms with E-state index in [2.05, 4.69) is 5.32 Å². The summed E-state index contributed by atoms with van der Waals surface area (Å²) in [4.78, 5) is 11.1. The second kappa shape index (κ2) is 6.16. The minimum Gasteiger partial charge on any atom is -0.351 e. The van der Waals surface area contributed by atoms with Gasteiger partial charge in [-0.15, -0.1) is 0 Å². The summed E-state index contributed by atoms with van der Waals surface area (Å²) in [6.07, 6.45) is 0.739. The van der Waals surface area contributed by atoms with E-state index in [1.807, 2.05) is 30.3 Å². The summed E-state index contributed by atoms with van der Waals surface area (Å²) in [5.41, 5.74) is 11.9. The zero-order valence-corrected chi connectivity index (χ0v) is 8.65. The molecule has 1 amide bonds. The van der Waals surface area contributed by atoms with Gasteiger partial charge in [0.2, 0.25) is 5.91 Å². The standard InChI is InChI=1S/C11H17N3O/c12-7-10(14-11(15)8-13)6-9-4-2-1-3-5-9/h1-5,10H,6-8,12-13H2,(H,14,15)/t10-/m0/s1. The van der Waals surface area contributed by atoms with Crippen molar-refractivity contribution >= 4 is 5.91 Å². The third-order valence-electron chi connectivity index (χ3n) is 2.16. The molecule has 1 rings (SSSR count). The van der Waals surface area contributed by atoms with Gasteiger partial charge in [-0.2, -0.15) is 0 Å². The molecule has 0 spiro atoms. The minimum absolute atomic E-state index is 0.00525. The molecule has 5 N–H and O–H groups in total. The lowest BCUT2D eigenvalue weighted by atomic mass is 10.1. The van der Waals surface area contributed by atoms with E-state index >= 15 is 0 Å². The average molecular weight is 207 g/mol. The SMILES string of the molecule is NCC(=O)N[C@H](CN)Cc1ccccc1. The van der Waals surface area contributed by atoms with Crippen LogP contribution in [-0.4, -0.2) is 25.0 Å². The van der Waals surface area contributed by atoms with Gasteiger partial charge >= 0.3 is 0 Å². The van der Waals surface area contributed by atoms with Crippen LogP contribution in [0, 0.1) is 0 Å². The van der Waals surface area contributed by atoms with E-state index < -0.39 is 0 Å². The Bertz CT molecular complexity index is 300. The lowest BCUT2D eigenvalue weighted by Crippen LogP contribution is -2.44. The van der Waals surface area contributed by atoms with Crippen LogP contribution in [0.1, 0.15) is 5.56 Å². The second-order valence-corrected chi connectivity index (χ2v) is 3.39. The number of carbonyl (C=O) groups excluding carboxylic acids is 1. The number of carbonyl (C=O) groups is 1. The third-order valence-corrected chi connectivity index (χ3v) is 2.16. The normalized spacial score (nSPS) is 12.1. The first-order chi connectivity index (χ1) is 7.26. The monoisotopic (exact) mass is 207 g/mol. The van der Waals surface area contributed by atoms with Crippen LogP contribution in [0.2, 0.25) is 0 Å². The topological polar surface area (TPSA) is 81.1 Å². The van der Waals surface area contributed by atoms with Crippen molar-refractivity contribution in [1.82, 2.24) is 5.32 Å². The fraction of sp³-hybridized carbons (Fsp3) is 0.364. The molecule has 0 saturated carbocycles. The molecule has 15 heavy (non-hydrogen) atoms. The fourth-order valence-electron chi connectivity index (χ4n) is 1.38. The summed E-state index contributed by atoms with van der Waals surface area (Å²) >= 11 is 0. The predicted molar refractivity (Wildman–Crippen MR) is 60.2 cm³/mol. The van der Waals surface area contributed by atoms with Gasteiger partial charge in [0, 0.05) is 12.6 Å². The van der Waals surface area contributed by atoms with Crippen molar-refractivity contribution in [2.24, 2.45) is 11.5 Å². The molecule has 0 bridgehead atoms. The number of rotatable bonds is 5. The Morgan fingerprint density at radius 1 is 1.27 bits per heavy atom. The summed E-state index contributed by atoms with van der Waals surface area (Å²) in [5, 5.41) is 2.78. The summed E-state index contributed by atoms with van der Waals surface area (Å²) < 4.78 is 0. The molecule has 1 aromatic carbocycles. The fourth-order valence-corrected chi connectivity index (χ4v) is 1.38. The Morgan fingerprint density at radius 2 is 1.93 bits per heavy atom. The smallest absolute Gasteiger partial charge is 0.234 e. The Balaban J connectivity index is 2.50. The van der Waals surface area contributed by atoms with Crippen LogP contribution < -0.4 is 16.8 Å². The minimum atomic E-state index is -0.165. The molecule has 4 heteroatoms.